The first-order valence-corrected chi connectivity index (χ1v) is 8.73. The van der Waals surface area contributed by atoms with Crippen molar-refractivity contribution in [3.63, 3.8) is 0 Å². The molecule has 1 heterocycles. The van der Waals surface area contributed by atoms with Crippen molar-refractivity contribution in [2.45, 2.75) is 19.8 Å². The molecule has 0 fully saturated rings. The summed E-state index contributed by atoms with van der Waals surface area (Å²) in [6.45, 7) is 2.79. The summed E-state index contributed by atoms with van der Waals surface area (Å²) >= 11 is 5.92. The zero-order valence-corrected chi connectivity index (χ0v) is 14.9. The van der Waals surface area contributed by atoms with Crippen molar-refractivity contribution in [3.05, 3.63) is 76.9 Å². The second kappa shape index (κ2) is 8.49. The minimum Gasteiger partial charge on any atom is -0.354 e. The third-order valence-corrected chi connectivity index (χ3v) is 3.99. The SMILES string of the molecule is Cc1cc(Nc2ccc(Cl)cc2)nc(NCCCc2ccccc2)n1. The summed E-state index contributed by atoms with van der Waals surface area (Å²) in [7, 11) is 0. The fourth-order valence-corrected chi connectivity index (χ4v) is 2.66. The summed E-state index contributed by atoms with van der Waals surface area (Å²) in [6, 6.07) is 19.9. The maximum absolute atomic E-state index is 5.92. The Labute approximate surface area is 153 Å². The molecule has 25 heavy (non-hydrogen) atoms. The molecule has 0 spiro atoms. The van der Waals surface area contributed by atoms with Gasteiger partial charge in [0.2, 0.25) is 5.95 Å². The van der Waals surface area contributed by atoms with Crippen LogP contribution in [0.2, 0.25) is 5.02 Å². The monoisotopic (exact) mass is 352 g/mol. The third kappa shape index (κ3) is 5.47. The third-order valence-electron chi connectivity index (χ3n) is 3.74. The summed E-state index contributed by atoms with van der Waals surface area (Å²) < 4.78 is 0. The summed E-state index contributed by atoms with van der Waals surface area (Å²) in [5.74, 6) is 1.41. The first kappa shape index (κ1) is 17.2. The Hall–Kier alpha value is -2.59. The van der Waals surface area contributed by atoms with Gasteiger partial charge in [0.25, 0.3) is 0 Å². The number of nitrogens with one attached hydrogen (secondary N) is 2. The molecule has 1 aromatic heterocycles. The average molecular weight is 353 g/mol. The van der Waals surface area contributed by atoms with Crippen LogP contribution in [-0.2, 0) is 6.42 Å². The van der Waals surface area contributed by atoms with E-state index in [0.717, 1.165) is 36.6 Å². The van der Waals surface area contributed by atoms with E-state index in [9.17, 15) is 0 Å². The fourth-order valence-electron chi connectivity index (χ4n) is 2.53. The van der Waals surface area contributed by atoms with Gasteiger partial charge in [-0.1, -0.05) is 41.9 Å². The van der Waals surface area contributed by atoms with Crippen molar-refractivity contribution < 1.29 is 0 Å². The molecular weight excluding hydrogens is 332 g/mol. The standard InChI is InChI=1S/C20H21ClN4/c1-15-14-19(24-18-11-9-17(21)10-12-18)25-20(23-15)22-13-5-8-16-6-3-2-4-7-16/h2-4,6-7,9-12,14H,5,8,13H2,1H3,(H2,22,23,24,25). The van der Waals surface area contributed by atoms with Crippen LogP contribution in [0.5, 0.6) is 0 Å². The number of hydrogen-bond acceptors (Lipinski definition) is 4. The molecule has 0 unspecified atom stereocenters. The minimum absolute atomic E-state index is 0.643. The zero-order chi connectivity index (χ0) is 17.5. The topological polar surface area (TPSA) is 49.8 Å². The van der Waals surface area contributed by atoms with Crippen molar-refractivity contribution in [1.82, 2.24) is 9.97 Å². The number of hydrogen-bond donors (Lipinski definition) is 2. The van der Waals surface area contributed by atoms with Crippen LogP contribution in [0.25, 0.3) is 0 Å². The van der Waals surface area contributed by atoms with E-state index in [2.05, 4.69) is 44.9 Å². The van der Waals surface area contributed by atoms with Gasteiger partial charge in [-0.25, -0.2) is 4.98 Å². The largest absolute Gasteiger partial charge is 0.354 e. The van der Waals surface area contributed by atoms with Crippen LogP contribution in [0.1, 0.15) is 17.7 Å². The molecule has 3 aromatic rings. The van der Waals surface area contributed by atoms with Crippen molar-refractivity contribution in [3.8, 4) is 0 Å². The van der Waals surface area contributed by atoms with Gasteiger partial charge >= 0.3 is 0 Å². The molecule has 3 rings (SSSR count). The molecule has 128 valence electrons. The highest BCUT2D eigenvalue weighted by atomic mass is 35.5. The van der Waals surface area contributed by atoms with Gasteiger partial charge in [-0.05, 0) is 49.6 Å². The highest BCUT2D eigenvalue weighted by molar-refractivity contribution is 6.30. The lowest BCUT2D eigenvalue weighted by Crippen LogP contribution is -2.08. The van der Waals surface area contributed by atoms with E-state index in [4.69, 9.17) is 11.6 Å². The quantitative estimate of drug-likeness (QED) is 0.572. The van der Waals surface area contributed by atoms with Gasteiger partial charge in [-0.15, -0.1) is 0 Å². The van der Waals surface area contributed by atoms with E-state index >= 15 is 0 Å². The second-order valence-corrected chi connectivity index (χ2v) is 6.30. The molecule has 0 aliphatic heterocycles. The van der Waals surface area contributed by atoms with Gasteiger partial charge in [0, 0.05) is 29.0 Å². The molecule has 0 radical (unpaired) electrons. The van der Waals surface area contributed by atoms with Crippen LogP contribution in [0.3, 0.4) is 0 Å². The van der Waals surface area contributed by atoms with E-state index in [1.165, 1.54) is 5.56 Å². The summed E-state index contributed by atoms with van der Waals surface area (Å²) in [5, 5.41) is 7.30. The Morgan fingerprint density at radius 1 is 0.960 bits per heavy atom. The first-order chi connectivity index (χ1) is 12.2. The molecule has 2 N–H and O–H groups in total. The van der Waals surface area contributed by atoms with Crippen LogP contribution in [0, 0.1) is 6.92 Å². The molecule has 2 aromatic carbocycles. The second-order valence-electron chi connectivity index (χ2n) is 5.87. The predicted molar refractivity (Wildman–Crippen MR) is 105 cm³/mol. The molecular formula is C20H21ClN4. The lowest BCUT2D eigenvalue weighted by molar-refractivity contribution is 0.851. The van der Waals surface area contributed by atoms with E-state index in [-0.39, 0.29) is 0 Å². The maximum atomic E-state index is 5.92. The summed E-state index contributed by atoms with van der Waals surface area (Å²) in [5.41, 5.74) is 3.20. The van der Waals surface area contributed by atoms with Crippen LogP contribution in [0.4, 0.5) is 17.5 Å². The highest BCUT2D eigenvalue weighted by Gasteiger charge is 2.03. The minimum atomic E-state index is 0.643. The van der Waals surface area contributed by atoms with Crippen molar-refractivity contribution in [2.24, 2.45) is 0 Å². The zero-order valence-electron chi connectivity index (χ0n) is 14.2. The van der Waals surface area contributed by atoms with E-state index < -0.39 is 0 Å². The average Bonchev–Trinajstić information content (AvgIpc) is 2.61. The molecule has 0 saturated carbocycles. The number of nitrogens with zero attached hydrogens (tertiary/aromatic N) is 2. The van der Waals surface area contributed by atoms with Gasteiger partial charge in [-0.3, -0.25) is 0 Å². The van der Waals surface area contributed by atoms with Crippen LogP contribution >= 0.6 is 11.6 Å². The Kier molecular flexibility index (Phi) is 5.86. The Morgan fingerprint density at radius 3 is 2.48 bits per heavy atom. The smallest absolute Gasteiger partial charge is 0.224 e. The normalized spacial score (nSPS) is 10.5. The molecule has 4 nitrogen and oxygen atoms in total. The number of aromatic nitrogens is 2. The molecule has 0 aliphatic carbocycles. The number of rotatable bonds is 7. The van der Waals surface area contributed by atoms with Gasteiger partial charge in [0.15, 0.2) is 0 Å². The molecule has 0 amide bonds. The summed E-state index contributed by atoms with van der Waals surface area (Å²) in [4.78, 5) is 8.98. The van der Waals surface area contributed by atoms with Crippen LogP contribution in [0.15, 0.2) is 60.7 Å². The van der Waals surface area contributed by atoms with E-state index in [1.54, 1.807) is 0 Å². The lowest BCUT2D eigenvalue weighted by atomic mass is 10.1. The molecule has 0 atom stereocenters. The van der Waals surface area contributed by atoms with Gasteiger partial charge < -0.3 is 10.6 Å². The molecule has 0 bridgehead atoms. The number of halogens is 1. The molecule has 5 heteroatoms. The van der Waals surface area contributed by atoms with Crippen LogP contribution in [-0.4, -0.2) is 16.5 Å². The van der Waals surface area contributed by atoms with Crippen molar-refractivity contribution in [1.29, 1.82) is 0 Å². The Morgan fingerprint density at radius 2 is 1.72 bits per heavy atom. The van der Waals surface area contributed by atoms with Gasteiger partial charge in [0.05, 0.1) is 0 Å². The maximum Gasteiger partial charge on any atom is 0.224 e. The predicted octanol–water partition coefficient (Wildman–Crippen LogP) is 5.23. The first-order valence-electron chi connectivity index (χ1n) is 8.35. The number of aryl methyl sites for hydroxylation is 2. The molecule has 0 saturated heterocycles. The van der Waals surface area contributed by atoms with E-state index in [0.29, 0.717) is 11.0 Å². The Balaban J connectivity index is 1.56. The van der Waals surface area contributed by atoms with Crippen LogP contribution < -0.4 is 10.6 Å². The van der Waals surface area contributed by atoms with Crippen molar-refractivity contribution in [2.75, 3.05) is 17.2 Å². The van der Waals surface area contributed by atoms with Gasteiger partial charge in [0.1, 0.15) is 5.82 Å². The van der Waals surface area contributed by atoms with Gasteiger partial charge in [-0.2, -0.15) is 4.98 Å². The van der Waals surface area contributed by atoms with Crippen molar-refractivity contribution >= 4 is 29.1 Å². The lowest BCUT2D eigenvalue weighted by Gasteiger charge is -2.10. The Bertz CT molecular complexity index is 804. The van der Waals surface area contributed by atoms with E-state index in [1.807, 2.05) is 43.3 Å². The fraction of sp³-hybridized carbons (Fsp3) is 0.200. The number of benzene rings is 2. The summed E-state index contributed by atoms with van der Waals surface area (Å²) in [6.07, 6.45) is 2.07. The highest BCUT2D eigenvalue weighted by Crippen LogP contribution is 2.19. The number of anilines is 3. The molecule has 0 aliphatic rings.